The molecule has 0 saturated heterocycles. The molecule has 0 atom stereocenters. The molecule has 4 nitrogen and oxygen atoms in total. The number of hydrogen-bond donors (Lipinski definition) is 1. The number of hydrogen-bond acceptors (Lipinski definition) is 4. The lowest BCUT2D eigenvalue weighted by Gasteiger charge is -2.04. The zero-order valence-electron chi connectivity index (χ0n) is 8.84. The van der Waals surface area contributed by atoms with Gasteiger partial charge in [0.2, 0.25) is 0 Å². The normalized spacial score (nSPS) is 11.3. The van der Waals surface area contributed by atoms with E-state index in [0.717, 1.165) is 5.56 Å². The molecule has 1 aromatic carbocycles. The van der Waals surface area contributed by atoms with Crippen molar-refractivity contribution < 1.29 is 13.2 Å². The first-order chi connectivity index (χ1) is 7.44. The number of thiocarbonyl (C=S) groups is 1. The van der Waals surface area contributed by atoms with E-state index in [1.54, 1.807) is 24.3 Å². The van der Waals surface area contributed by atoms with E-state index in [0.29, 0.717) is 10.6 Å². The second-order valence-electron chi connectivity index (χ2n) is 3.36. The van der Waals surface area contributed by atoms with Crippen LogP contribution in [-0.4, -0.2) is 26.5 Å². The minimum Gasteiger partial charge on any atom is -0.389 e. The van der Waals surface area contributed by atoms with Gasteiger partial charge in [0, 0.05) is 12.7 Å². The van der Waals surface area contributed by atoms with Crippen LogP contribution in [0.1, 0.15) is 11.1 Å². The molecule has 0 radical (unpaired) electrons. The Morgan fingerprint density at radius 2 is 1.94 bits per heavy atom. The third kappa shape index (κ3) is 3.88. The van der Waals surface area contributed by atoms with Crippen LogP contribution in [0.4, 0.5) is 0 Å². The van der Waals surface area contributed by atoms with Gasteiger partial charge in [-0.25, -0.2) is 8.42 Å². The maximum absolute atomic E-state index is 11.4. The van der Waals surface area contributed by atoms with Crippen molar-refractivity contribution in [1.29, 1.82) is 0 Å². The van der Waals surface area contributed by atoms with Gasteiger partial charge < -0.3 is 10.5 Å². The molecule has 88 valence electrons. The Balaban J connectivity index is 2.80. The molecule has 0 aliphatic heterocycles. The Bertz CT molecular complexity index is 465. The Labute approximate surface area is 100 Å². The largest absolute Gasteiger partial charge is 0.389 e. The van der Waals surface area contributed by atoms with Crippen LogP contribution in [0, 0.1) is 0 Å². The van der Waals surface area contributed by atoms with Crippen LogP contribution >= 0.6 is 12.2 Å². The number of methoxy groups -OCH3 is 1. The Morgan fingerprint density at radius 1 is 1.38 bits per heavy atom. The van der Waals surface area contributed by atoms with E-state index in [1.165, 1.54) is 7.11 Å². The van der Waals surface area contributed by atoms with Gasteiger partial charge in [0.1, 0.15) is 10.9 Å². The maximum atomic E-state index is 11.4. The van der Waals surface area contributed by atoms with Crippen LogP contribution in [0.25, 0.3) is 0 Å². The lowest BCUT2D eigenvalue weighted by atomic mass is 10.1. The van der Waals surface area contributed by atoms with E-state index in [2.05, 4.69) is 4.74 Å². The van der Waals surface area contributed by atoms with Crippen molar-refractivity contribution in [1.82, 2.24) is 0 Å². The van der Waals surface area contributed by atoms with Crippen molar-refractivity contribution in [2.75, 3.05) is 13.0 Å². The highest BCUT2D eigenvalue weighted by Gasteiger charge is 2.11. The number of ether oxygens (including phenoxy) is 1. The molecule has 0 bridgehead atoms. The van der Waals surface area contributed by atoms with Gasteiger partial charge in [-0.05, 0) is 5.56 Å². The minimum absolute atomic E-state index is 0.0432. The predicted octanol–water partition coefficient (Wildman–Crippen LogP) is 0.840. The highest BCUT2D eigenvalue weighted by atomic mass is 32.2. The van der Waals surface area contributed by atoms with Gasteiger partial charge in [-0.1, -0.05) is 36.5 Å². The molecule has 6 heteroatoms. The summed E-state index contributed by atoms with van der Waals surface area (Å²) in [5, 5.41) is 0. The molecule has 0 saturated carbocycles. The fourth-order valence-electron chi connectivity index (χ4n) is 1.24. The molecule has 0 fully saturated rings. The molecule has 1 aromatic rings. The second kappa shape index (κ2) is 5.38. The summed E-state index contributed by atoms with van der Waals surface area (Å²) in [6.07, 6.45) is 0. The third-order valence-electron chi connectivity index (χ3n) is 1.92. The van der Waals surface area contributed by atoms with Crippen molar-refractivity contribution in [2.24, 2.45) is 5.73 Å². The highest BCUT2D eigenvalue weighted by Crippen LogP contribution is 2.09. The third-order valence-corrected chi connectivity index (χ3v) is 3.53. The standard InChI is InChI=1S/C10H13NO3S2/c1-14-7-16(12,13)6-8-2-4-9(5-3-8)10(11)15/h2-5H,6-7H2,1H3,(H2,11,15). The number of nitrogens with two attached hydrogens (primary N) is 1. The summed E-state index contributed by atoms with van der Waals surface area (Å²) < 4.78 is 27.5. The fraction of sp³-hybridized carbons (Fsp3) is 0.300. The van der Waals surface area contributed by atoms with Crippen molar-refractivity contribution in [3.63, 3.8) is 0 Å². The summed E-state index contributed by atoms with van der Waals surface area (Å²) in [5.74, 6) is -0.317. The maximum Gasteiger partial charge on any atom is 0.178 e. The summed E-state index contributed by atoms with van der Waals surface area (Å²) in [6.45, 7) is 0. The molecule has 0 aromatic heterocycles. The minimum atomic E-state index is -3.20. The van der Waals surface area contributed by atoms with Crippen molar-refractivity contribution in [3.05, 3.63) is 35.4 Å². The average Bonchev–Trinajstić information content (AvgIpc) is 2.17. The van der Waals surface area contributed by atoms with E-state index >= 15 is 0 Å². The van der Waals surface area contributed by atoms with Gasteiger partial charge >= 0.3 is 0 Å². The number of benzene rings is 1. The summed E-state index contributed by atoms with van der Waals surface area (Å²) in [7, 11) is -1.85. The zero-order valence-corrected chi connectivity index (χ0v) is 10.5. The van der Waals surface area contributed by atoms with Gasteiger partial charge in [-0.15, -0.1) is 0 Å². The quantitative estimate of drug-likeness (QED) is 0.794. The van der Waals surface area contributed by atoms with E-state index in [9.17, 15) is 8.42 Å². The van der Waals surface area contributed by atoms with E-state index in [1.807, 2.05) is 0 Å². The summed E-state index contributed by atoms with van der Waals surface area (Å²) in [5.41, 5.74) is 6.85. The molecule has 1 rings (SSSR count). The van der Waals surface area contributed by atoms with Gasteiger partial charge in [0.25, 0.3) is 0 Å². The van der Waals surface area contributed by atoms with Gasteiger partial charge in [0.05, 0.1) is 5.75 Å². The number of sulfone groups is 1. The average molecular weight is 259 g/mol. The van der Waals surface area contributed by atoms with Gasteiger partial charge in [-0.3, -0.25) is 0 Å². The molecule has 0 heterocycles. The van der Waals surface area contributed by atoms with E-state index in [4.69, 9.17) is 18.0 Å². The van der Waals surface area contributed by atoms with Crippen LogP contribution < -0.4 is 5.73 Å². The van der Waals surface area contributed by atoms with Gasteiger partial charge in [-0.2, -0.15) is 0 Å². The van der Waals surface area contributed by atoms with Crippen LogP contribution in [0.3, 0.4) is 0 Å². The molecule has 0 unspecified atom stereocenters. The van der Waals surface area contributed by atoms with E-state index in [-0.39, 0.29) is 11.7 Å². The van der Waals surface area contributed by atoms with Gasteiger partial charge in [0.15, 0.2) is 9.84 Å². The first-order valence-corrected chi connectivity index (χ1v) is 6.75. The number of rotatable bonds is 5. The summed E-state index contributed by atoms with van der Waals surface area (Å²) >= 11 is 4.80. The molecular formula is C10H13NO3S2. The molecular weight excluding hydrogens is 246 g/mol. The van der Waals surface area contributed by atoms with Crippen molar-refractivity contribution >= 4 is 27.0 Å². The fourth-order valence-corrected chi connectivity index (χ4v) is 2.52. The predicted molar refractivity (Wildman–Crippen MR) is 66.8 cm³/mol. The monoisotopic (exact) mass is 259 g/mol. The van der Waals surface area contributed by atoms with Crippen LogP contribution in [-0.2, 0) is 20.3 Å². The lowest BCUT2D eigenvalue weighted by Crippen LogP contribution is -2.12. The smallest absolute Gasteiger partial charge is 0.178 e. The molecule has 2 N–H and O–H groups in total. The Hall–Kier alpha value is -0.980. The van der Waals surface area contributed by atoms with Crippen molar-refractivity contribution in [2.45, 2.75) is 5.75 Å². The first-order valence-electron chi connectivity index (χ1n) is 4.53. The highest BCUT2D eigenvalue weighted by molar-refractivity contribution is 7.90. The molecule has 0 aliphatic rings. The van der Waals surface area contributed by atoms with E-state index < -0.39 is 9.84 Å². The Kier molecular flexibility index (Phi) is 4.40. The second-order valence-corrected chi connectivity index (χ2v) is 5.81. The molecule has 0 spiro atoms. The first kappa shape index (κ1) is 13.1. The lowest BCUT2D eigenvalue weighted by molar-refractivity contribution is 0.249. The van der Waals surface area contributed by atoms with Crippen LogP contribution in [0.5, 0.6) is 0 Å². The topological polar surface area (TPSA) is 69.4 Å². The Morgan fingerprint density at radius 3 is 2.38 bits per heavy atom. The van der Waals surface area contributed by atoms with Crippen LogP contribution in [0.15, 0.2) is 24.3 Å². The SMILES string of the molecule is COCS(=O)(=O)Cc1ccc(C(N)=S)cc1. The van der Waals surface area contributed by atoms with Crippen molar-refractivity contribution in [3.8, 4) is 0 Å². The summed E-state index contributed by atoms with van der Waals surface area (Å²) in [6, 6.07) is 6.81. The van der Waals surface area contributed by atoms with Crippen LogP contribution in [0.2, 0.25) is 0 Å². The summed E-state index contributed by atoms with van der Waals surface area (Å²) in [4.78, 5) is 0.297. The zero-order chi connectivity index (χ0) is 12.2. The molecule has 16 heavy (non-hydrogen) atoms. The molecule has 0 aliphatic carbocycles. The molecule has 0 amide bonds.